The van der Waals surface area contributed by atoms with Gasteiger partial charge in [-0.15, -0.1) is 0 Å². The minimum atomic E-state index is -2.76. The van der Waals surface area contributed by atoms with Crippen LogP contribution in [0.2, 0.25) is 0 Å². The molecule has 1 aromatic heterocycles. The maximum atomic E-state index is 2.48. The van der Waals surface area contributed by atoms with Gasteiger partial charge < -0.3 is 4.57 Å². The fourth-order valence-electron chi connectivity index (χ4n) is 7.02. The van der Waals surface area contributed by atoms with Gasteiger partial charge >= 0.3 is 0 Å². The van der Waals surface area contributed by atoms with Crippen molar-refractivity contribution >= 4 is 50.6 Å². The van der Waals surface area contributed by atoms with Gasteiger partial charge in [0.15, 0.2) is 8.07 Å². The average Bonchev–Trinajstić information content (AvgIpc) is 3.45. The molecule has 0 unspecified atom stereocenters. The third-order valence-electron chi connectivity index (χ3n) is 8.92. The van der Waals surface area contributed by atoms with E-state index >= 15 is 0 Å². The standard InChI is InChI=1S/C42H31NSi/c1-5-17-32(18-6-1)33-29-34(43-41-27-15-13-25-39(41)40-26-14-16-28-42(40)43)31-38(30-33)44(35-19-7-2-8-20-35,36-21-9-3-10-22-36)37-23-11-4-12-24-37/h1-31H. The molecule has 0 aliphatic heterocycles. The van der Waals surface area contributed by atoms with Crippen LogP contribution in [0.15, 0.2) is 188 Å². The molecule has 44 heavy (non-hydrogen) atoms. The summed E-state index contributed by atoms with van der Waals surface area (Å²) in [7, 11) is -2.76. The molecule has 208 valence electrons. The molecule has 2 heteroatoms. The molecule has 0 fully saturated rings. The molecule has 8 rings (SSSR count). The second-order valence-corrected chi connectivity index (χ2v) is 15.2. The zero-order valence-corrected chi connectivity index (χ0v) is 25.3. The van der Waals surface area contributed by atoms with E-state index in [9.17, 15) is 0 Å². The van der Waals surface area contributed by atoms with E-state index < -0.39 is 8.07 Å². The summed E-state index contributed by atoms with van der Waals surface area (Å²) in [6.07, 6.45) is 0. The smallest absolute Gasteiger partial charge is 0.179 e. The van der Waals surface area contributed by atoms with Crippen LogP contribution in [0.5, 0.6) is 0 Å². The maximum Gasteiger partial charge on any atom is 0.179 e. The largest absolute Gasteiger partial charge is 0.309 e. The number of aromatic nitrogens is 1. The summed E-state index contributed by atoms with van der Waals surface area (Å²) in [6.45, 7) is 0. The van der Waals surface area contributed by atoms with Gasteiger partial charge in [-0.05, 0) is 56.1 Å². The number of benzene rings is 7. The lowest BCUT2D eigenvalue weighted by atomic mass is 10.0. The molecular weight excluding hydrogens is 547 g/mol. The normalized spacial score (nSPS) is 11.6. The van der Waals surface area contributed by atoms with Crippen LogP contribution in [0.3, 0.4) is 0 Å². The Balaban J connectivity index is 1.54. The molecular formula is C42H31NSi. The van der Waals surface area contributed by atoms with Gasteiger partial charge in [0.1, 0.15) is 0 Å². The first-order valence-electron chi connectivity index (χ1n) is 15.2. The van der Waals surface area contributed by atoms with Crippen LogP contribution >= 0.6 is 0 Å². The SMILES string of the molecule is c1ccc(-c2cc(-n3c4ccccc4c4ccccc43)cc([Si](c3ccccc3)(c3ccccc3)c3ccccc3)c2)cc1. The first-order valence-corrected chi connectivity index (χ1v) is 17.2. The number of rotatable bonds is 6. The molecule has 1 heterocycles. The van der Waals surface area contributed by atoms with Gasteiger partial charge in [0.25, 0.3) is 0 Å². The number of para-hydroxylation sites is 2. The second-order valence-electron chi connectivity index (χ2n) is 11.4. The van der Waals surface area contributed by atoms with Crippen LogP contribution in [0.25, 0.3) is 38.6 Å². The van der Waals surface area contributed by atoms with Crippen LogP contribution in [0.1, 0.15) is 0 Å². The Bertz CT molecular complexity index is 2050. The molecule has 0 aliphatic carbocycles. The Kier molecular flexibility index (Phi) is 6.55. The first-order chi connectivity index (χ1) is 21.8. The van der Waals surface area contributed by atoms with E-state index in [0.717, 1.165) is 0 Å². The van der Waals surface area contributed by atoms with Gasteiger partial charge in [-0.2, -0.15) is 0 Å². The van der Waals surface area contributed by atoms with Crippen molar-refractivity contribution in [1.29, 1.82) is 0 Å². The molecule has 1 nitrogen and oxygen atoms in total. The highest BCUT2D eigenvalue weighted by Crippen LogP contribution is 2.33. The lowest BCUT2D eigenvalue weighted by Gasteiger charge is -2.35. The van der Waals surface area contributed by atoms with Crippen molar-refractivity contribution in [2.45, 2.75) is 0 Å². The third-order valence-corrected chi connectivity index (χ3v) is 13.7. The highest BCUT2D eigenvalue weighted by atomic mass is 28.3. The minimum absolute atomic E-state index is 1.18. The van der Waals surface area contributed by atoms with Gasteiger partial charge in [0.2, 0.25) is 0 Å². The minimum Gasteiger partial charge on any atom is -0.309 e. The fourth-order valence-corrected chi connectivity index (χ4v) is 11.8. The molecule has 0 aliphatic rings. The first kappa shape index (κ1) is 26.2. The van der Waals surface area contributed by atoms with Gasteiger partial charge in [-0.1, -0.05) is 164 Å². The zero-order valence-electron chi connectivity index (χ0n) is 24.3. The molecule has 0 amide bonds. The van der Waals surface area contributed by atoms with Crippen LogP contribution in [0.4, 0.5) is 0 Å². The summed E-state index contributed by atoms with van der Waals surface area (Å²) in [5, 5.41) is 8.02. The topological polar surface area (TPSA) is 4.93 Å². The Morgan fingerprint density at radius 2 is 0.727 bits per heavy atom. The summed E-state index contributed by atoms with van der Waals surface area (Å²) in [6, 6.07) is 69.3. The summed E-state index contributed by atoms with van der Waals surface area (Å²) in [5.74, 6) is 0. The van der Waals surface area contributed by atoms with Crippen LogP contribution in [-0.2, 0) is 0 Å². The summed E-state index contributed by atoms with van der Waals surface area (Å²) < 4.78 is 2.46. The van der Waals surface area contributed by atoms with Crippen molar-refractivity contribution in [3.8, 4) is 16.8 Å². The van der Waals surface area contributed by atoms with E-state index in [1.165, 1.54) is 59.4 Å². The lowest BCUT2D eigenvalue weighted by Crippen LogP contribution is -2.74. The van der Waals surface area contributed by atoms with Crippen molar-refractivity contribution in [2.75, 3.05) is 0 Å². The molecule has 0 N–H and O–H groups in total. The molecule has 0 bridgehead atoms. The van der Waals surface area contributed by atoms with Crippen molar-refractivity contribution < 1.29 is 0 Å². The Morgan fingerprint density at radius 3 is 1.20 bits per heavy atom. The van der Waals surface area contributed by atoms with Crippen molar-refractivity contribution in [1.82, 2.24) is 4.57 Å². The molecule has 0 saturated heterocycles. The van der Waals surface area contributed by atoms with Gasteiger partial charge in [-0.3, -0.25) is 0 Å². The summed E-state index contributed by atoms with van der Waals surface area (Å²) in [4.78, 5) is 0. The number of hydrogen-bond donors (Lipinski definition) is 0. The van der Waals surface area contributed by atoms with Crippen molar-refractivity contribution in [2.24, 2.45) is 0 Å². The van der Waals surface area contributed by atoms with Gasteiger partial charge in [0, 0.05) is 16.5 Å². The quantitative estimate of drug-likeness (QED) is 0.140. The molecule has 8 aromatic rings. The third kappa shape index (κ3) is 4.23. The number of nitrogens with zero attached hydrogens (tertiary/aromatic N) is 1. The zero-order chi connectivity index (χ0) is 29.3. The average molecular weight is 578 g/mol. The molecule has 0 atom stereocenters. The van der Waals surface area contributed by atoms with E-state index in [-0.39, 0.29) is 0 Å². The van der Waals surface area contributed by atoms with Gasteiger partial charge in [-0.25, -0.2) is 0 Å². The van der Waals surface area contributed by atoms with E-state index in [1.807, 2.05) is 0 Å². The van der Waals surface area contributed by atoms with Crippen molar-refractivity contribution in [3.63, 3.8) is 0 Å². The van der Waals surface area contributed by atoms with E-state index in [4.69, 9.17) is 0 Å². The fraction of sp³-hybridized carbons (Fsp3) is 0. The Labute approximate surface area is 259 Å². The van der Waals surface area contributed by atoms with E-state index in [2.05, 4.69) is 193 Å². The number of hydrogen-bond acceptors (Lipinski definition) is 0. The van der Waals surface area contributed by atoms with Crippen LogP contribution < -0.4 is 20.7 Å². The van der Waals surface area contributed by atoms with Crippen molar-refractivity contribution in [3.05, 3.63) is 188 Å². The second kappa shape index (κ2) is 11.0. The van der Waals surface area contributed by atoms with Crippen LogP contribution in [0, 0.1) is 0 Å². The molecule has 0 spiro atoms. The van der Waals surface area contributed by atoms with E-state index in [0.29, 0.717) is 0 Å². The highest BCUT2D eigenvalue weighted by Gasteiger charge is 2.41. The lowest BCUT2D eigenvalue weighted by molar-refractivity contribution is 1.18. The Morgan fingerprint density at radius 1 is 0.318 bits per heavy atom. The van der Waals surface area contributed by atoms with Crippen LogP contribution in [-0.4, -0.2) is 12.6 Å². The highest BCUT2D eigenvalue weighted by molar-refractivity contribution is 7.20. The Hall–Kier alpha value is -5.44. The molecule has 0 radical (unpaired) electrons. The number of fused-ring (bicyclic) bond motifs is 3. The monoisotopic (exact) mass is 577 g/mol. The predicted molar refractivity (Wildman–Crippen MR) is 190 cm³/mol. The molecule has 0 saturated carbocycles. The predicted octanol–water partition coefficient (Wildman–Crippen LogP) is 7.83. The maximum absolute atomic E-state index is 2.76. The summed E-state index contributed by atoms with van der Waals surface area (Å²) >= 11 is 0. The van der Waals surface area contributed by atoms with E-state index in [1.54, 1.807) is 0 Å². The summed E-state index contributed by atoms with van der Waals surface area (Å²) in [5.41, 5.74) is 6.05. The molecule has 7 aromatic carbocycles. The van der Waals surface area contributed by atoms with Gasteiger partial charge in [0.05, 0.1) is 11.0 Å².